The van der Waals surface area contributed by atoms with Crippen LogP contribution in [0.5, 0.6) is 17.8 Å². The van der Waals surface area contributed by atoms with Crippen LogP contribution in [0, 0.1) is 0 Å². The van der Waals surface area contributed by atoms with Gasteiger partial charge in [-0.3, -0.25) is 4.98 Å². The zero-order valence-corrected chi connectivity index (χ0v) is 11.1. The Labute approximate surface area is 114 Å². The van der Waals surface area contributed by atoms with Crippen molar-refractivity contribution in [2.45, 2.75) is 20.0 Å². The number of hydrogen-bond donors (Lipinski definition) is 1. The number of halogens is 1. The molecular weight excluding hydrogens is 270 g/mol. The predicted octanol–water partition coefficient (Wildman–Crippen LogP) is 2.08. The molecule has 0 radical (unpaired) electrons. The zero-order valence-electron chi connectivity index (χ0n) is 10.4. The smallest absolute Gasteiger partial charge is 0.330 e. The molecule has 19 heavy (non-hydrogen) atoms. The molecular formula is C11H12ClN5O2. The Hall–Kier alpha value is -2.15. The Bertz CT molecular complexity index is 579. The molecule has 2 aromatic heterocycles. The third-order valence-electron chi connectivity index (χ3n) is 1.84. The van der Waals surface area contributed by atoms with Crippen molar-refractivity contribution in [3.8, 4) is 17.8 Å². The van der Waals surface area contributed by atoms with Crippen LogP contribution in [-0.4, -0.2) is 26.0 Å². The highest BCUT2D eigenvalue weighted by Crippen LogP contribution is 2.21. The molecule has 8 heteroatoms. The minimum Gasteiger partial charge on any atom is -0.461 e. The molecule has 0 aliphatic rings. The lowest BCUT2D eigenvalue weighted by molar-refractivity contribution is 0.219. The van der Waals surface area contributed by atoms with Gasteiger partial charge in [0.25, 0.3) is 0 Å². The molecule has 0 unspecified atom stereocenters. The first-order valence-electron chi connectivity index (χ1n) is 5.49. The number of hydrogen-bond acceptors (Lipinski definition) is 7. The highest BCUT2D eigenvalue weighted by atomic mass is 35.5. The summed E-state index contributed by atoms with van der Waals surface area (Å²) in [6.07, 6.45) is 2.89. The van der Waals surface area contributed by atoms with Crippen LogP contribution in [-0.2, 0) is 0 Å². The number of anilines is 1. The molecule has 0 aromatic carbocycles. The van der Waals surface area contributed by atoms with Gasteiger partial charge in [-0.1, -0.05) is 11.6 Å². The fourth-order valence-electron chi connectivity index (χ4n) is 1.22. The van der Waals surface area contributed by atoms with Crippen LogP contribution >= 0.6 is 11.6 Å². The first-order valence-corrected chi connectivity index (χ1v) is 5.87. The van der Waals surface area contributed by atoms with E-state index in [1.165, 1.54) is 12.4 Å². The van der Waals surface area contributed by atoms with Crippen molar-refractivity contribution in [3.05, 3.63) is 23.5 Å². The van der Waals surface area contributed by atoms with Crippen LogP contribution < -0.4 is 15.2 Å². The van der Waals surface area contributed by atoms with Crippen LogP contribution in [0.15, 0.2) is 18.5 Å². The summed E-state index contributed by atoms with van der Waals surface area (Å²) in [4.78, 5) is 15.6. The zero-order chi connectivity index (χ0) is 13.8. The molecule has 0 amide bonds. The Morgan fingerprint density at radius 2 is 1.89 bits per heavy atom. The Kier molecular flexibility index (Phi) is 3.96. The van der Waals surface area contributed by atoms with E-state index in [-0.39, 0.29) is 24.1 Å². The first kappa shape index (κ1) is 13.3. The number of ether oxygens (including phenoxy) is 2. The quantitative estimate of drug-likeness (QED) is 0.916. The van der Waals surface area contributed by atoms with E-state index in [0.29, 0.717) is 10.8 Å². The fraction of sp³-hybridized carbons (Fsp3) is 0.273. The summed E-state index contributed by atoms with van der Waals surface area (Å²) in [5, 5.41) is 0.443. The van der Waals surface area contributed by atoms with Crippen molar-refractivity contribution in [2.24, 2.45) is 0 Å². The average Bonchev–Trinajstić information content (AvgIpc) is 2.26. The minimum atomic E-state index is -0.0810. The van der Waals surface area contributed by atoms with Crippen molar-refractivity contribution in [1.82, 2.24) is 19.9 Å². The van der Waals surface area contributed by atoms with Gasteiger partial charge in [0, 0.05) is 12.3 Å². The second kappa shape index (κ2) is 5.66. The van der Waals surface area contributed by atoms with Crippen LogP contribution in [0.1, 0.15) is 13.8 Å². The summed E-state index contributed by atoms with van der Waals surface area (Å²) in [7, 11) is 0. The van der Waals surface area contributed by atoms with Gasteiger partial charge in [0.05, 0.1) is 17.3 Å². The normalized spacial score (nSPS) is 10.5. The molecule has 0 bridgehead atoms. The van der Waals surface area contributed by atoms with Gasteiger partial charge in [0.1, 0.15) is 0 Å². The Balaban J connectivity index is 2.22. The first-order chi connectivity index (χ1) is 9.02. The molecule has 2 N–H and O–H groups in total. The molecule has 2 aromatic rings. The van der Waals surface area contributed by atoms with Gasteiger partial charge in [-0.25, -0.2) is 0 Å². The molecule has 0 spiro atoms. The topological polar surface area (TPSA) is 96.0 Å². The van der Waals surface area contributed by atoms with Gasteiger partial charge in [0.2, 0.25) is 5.95 Å². The monoisotopic (exact) mass is 281 g/mol. The standard InChI is InChI=1S/C11H12ClN5O2/c1-6(2)18-10-15-9(13)16-11(17-10)19-8-3-7(12)4-14-5-8/h3-6H,1-2H3,(H2,13,15,16,17). The maximum atomic E-state index is 5.80. The average molecular weight is 282 g/mol. The number of aromatic nitrogens is 4. The third kappa shape index (κ3) is 3.92. The van der Waals surface area contributed by atoms with Crippen LogP contribution in [0.4, 0.5) is 5.95 Å². The van der Waals surface area contributed by atoms with E-state index in [1.54, 1.807) is 6.07 Å². The van der Waals surface area contributed by atoms with Crippen LogP contribution in [0.25, 0.3) is 0 Å². The molecule has 2 rings (SSSR count). The molecule has 0 saturated heterocycles. The van der Waals surface area contributed by atoms with Crippen molar-refractivity contribution in [2.75, 3.05) is 5.73 Å². The van der Waals surface area contributed by atoms with Crippen molar-refractivity contribution in [1.29, 1.82) is 0 Å². The van der Waals surface area contributed by atoms with E-state index in [4.69, 9.17) is 26.8 Å². The summed E-state index contributed by atoms with van der Waals surface area (Å²) < 4.78 is 10.7. The minimum absolute atomic E-state index is 0.00985. The molecule has 100 valence electrons. The number of rotatable bonds is 4. The van der Waals surface area contributed by atoms with Crippen molar-refractivity contribution < 1.29 is 9.47 Å². The van der Waals surface area contributed by atoms with Crippen LogP contribution in [0.2, 0.25) is 5.02 Å². The van der Waals surface area contributed by atoms with Gasteiger partial charge < -0.3 is 15.2 Å². The molecule has 0 saturated carbocycles. The van der Waals surface area contributed by atoms with E-state index in [0.717, 1.165) is 0 Å². The Morgan fingerprint density at radius 1 is 1.16 bits per heavy atom. The van der Waals surface area contributed by atoms with Gasteiger partial charge >= 0.3 is 12.0 Å². The number of nitrogens with zero attached hydrogens (tertiary/aromatic N) is 4. The highest BCUT2D eigenvalue weighted by Gasteiger charge is 2.09. The second-order valence-corrected chi connectivity index (χ2v) is 4.30. The number of nitrogen functional groups attached to an aromatic ring is 1. The summed E-state index contributed by atoms with van der Waals surface area (Å²) in [5.41, 5.74) is 5.55. The maximum Gasteiger partial charge on any atom is 0.330 e. The molecule has 2 heterocycles. The Morgan fingerprint density at radius 3 is 2.58 bits per heavy atom. The molecule has 0 aliphatic heterocycles. The summed E-state index contributed by atoms with van der Waals surface area (Å²) in [5.74, 6) is 0.407. The van der Waals surface area contributed by atoms with Crippen molar-refractivity contribution in [3.63, 3.8) is 0 Å². The van der Waals surface area contributed by atoms with Gasteiger partial charge in [-0.2, -0.15) is 9.97 Å². The van der Waals surface area contributed by atoms with E-state index < -0.39 is 0 Å². The fourth-order valence-corrected chi connectivity index (χ4v) is 1.38. The van der Waals surface area contributed by atoms with Crippen molar-refractivity contribution >= 4 is 17.5 Å². The molecule has 0 atom stereocenters. The highest BCUT2D eigenvalue weighted by molar-refractivity contribution is 6.30. The molecule has 0 aliphatic carbocycles. The second-order valence-electron chi connectivity index (χ2n) is 3.87. The molecule has 0 fully saturated rings. The predicted molar refractivity (Wildman–Crippen MR) is 69.3 cm³/mol. The molecule has 7 nitrogen and oxygen atoms in total. The lowest BCUT2D eigenvalue weighted by Crippen LogP contribution is -2.11. The van der Waals surface area contributed by atoms with Gasteiger partial charge in [0.15, 0.2) is 5.75 Å². The van der Waals surface area contributed by atoms with E-state index >= 15 is 0 Å². The lowest BCUT2D eigenvalue weighted by Gasteiger charge is -2.09. The van der Waals surface area contributed by atoms with Gasteiger partial charge in [-0.05, 0) is 13.8 Å². The number of pyridine rings is 1. The van der Waals surface area contributed by atoms with Crippen LogP contribution in [0.3, 0.4) is 0 Å². The SMILES string of the molecule is CC(C)Oc1nc(N)nc(Oc2cncc(Cl)c2)n1. The largest absolute Gasteiger partial charge is 0.461 e. The third-order valence-corrected chi connectivity index (χ3v) is 2.05. The van der Waals surface area contributed by atoms with Gasteiger partial charge in [-0.15, -0.1) is 4.98 Å². The number of nitrogens with two attached hydrogens (primary N) is 1. The van der Waals surface area contributed by atoms with E-state index in [1.807, 2.05) is 13.8 Å². The van der Waals surface area contributed by atoms with E-state index in [9.17, 15) is 0 Å². The summed E-state index contributed by atoms with van der Waals surface area (Å²) in [6.45, 7) is 3.70. The summed E-state index contributed by atoms with van der Waals surface area (Å²) in [6, 6.07) is 1.71. The van der Waals surface area contributed by atoms with E-state index in [2.05, 4.69) is 19.9 Å². The lowest BCUT2D eigenvalue weighted by atomic mass is 10.5. The summed E-state index contributed by atoms with van der Waals surface area (Å²) >= 11 is 5.80. The maximum absolute atomic E-state index is 5.80.